The minimum atomic E-state index is -0.453. The van der Waals surface area contributed by atoms with Crippen molar-refractivity contribution in [2.45, 2.75) is 51.7 Å². The first-order valence-corrected chi connectivity index (χ1v) is 6.92. The van der Waals surface area contributed by atoms with Crippen LogP contribution in [0.2, 0.25) is 0 Å². The average Bonchev–Trinajstić information content (AvgIpc) is 2.73. The molecule has 0 unspecified atom stereocenters. The zero-order chi connectivity index (χ0) is 14.0. The summed E-state index contributed by atoms with van der Waals surface area (Å²) in [5.41, 5.74) is 1.36. The van der Waals surface area contributed by atoms with E-state index in [-0.39, 0.29) is 5.97 Å². The Morgan fingerprint density at radius 2 is 2.00 bits per heavy atom. The molecule has 2 atom stereocenters. The highest BCUT2D eigenvalue weighted by molar-refractivity contribution is 5.91. The highest BCUT2D eigenvalue weighted by Crippen LogP contribution is 2.29. The van der Waals surface area contributed by atoms with E-state index in [0.717, 1.165) is 18.5 Å². The summed E-state index contributed by atoms with van der Waals surface area (Å²) >= 11 is 0. The Labute approximate surface area is 115 Å². The standard InChI is InChI=1S/C16H23NO2/c1-11-9-12(10-17-11)13-7-5-6-8-14(13)15(18)19-16(2,3)4/h5-8,11-12,17H,9-10H2,1-4H3/t11-,12+/m1/s1. The molecule has 0 radical (unpaired) electrons. The lowest BCUT2D eigenvalue weighted by molar-refractivity contribution is 0.00679. The number of hydrogen-bond donors (Lipinski definition) is 1. The fourth-order valence-electron chi connectivity index (χ4n) is 2.55. The van der Waals surface area contributed by atoms with Crippen LogP contribution in [0, 0.1) is 0 Å². The van der Waals surface area contributed by atoms with Crippen molar-refractivity contribution in [1.82, 2.24) is 5.32 Å². The van der Waals surface area contributed by atoms with Crippen molar-refractivity contribution in [3.63, 3.8) is 0 Å². The molecule has 3 heteroatoms. The van der Waals surface area contributed by atoms with Gasteiger partial charge in [0.1, 0.15) is 5.60 Å². The summed E-state index contributed by atoms with van der Waals surface area (Å²) in [6.45, 7) is 8.79. The van der Waals surface area contributed by atoms with Gasteiger partial charge in [-0.15, -0.1) is 0 Å². The average molecular weight is 261 g/mol. The molecule has 1 aliphatic rings. The molecular formula is C16H23NO2. The van der Waals surface area contributed by atoms with Crippen LogP contribution in [-0.2, 0) is 4.74 Å². The van der Waals surface area contributed by atoms with Crippen LogP contribution < -0.4 is 5.32 Å². The van der Waals surface area contributed by atoms with Gasteiger partial charge in [0.2, 0.25) is 0 Å². The summed E-state index contributed by atoms with van der Waals surface area (Å²) in [5.74, 6) is 0.182. The lowest BCUT2D eigenvalue weighted by Crippen LogP contribution is -2.25. The first kappa shape index (κ1) is 14.1. The van der Waals surface area contributed by atoms with Crippen LogP contribution in [0.4, 0.5) is 0 Å². The number of ether oxygens (including phenoxy) is 1. The lowest BCUT2D eigenvalue weighted by Gasteiger charge is -2.21. The molecule has 1 saturated heterocycles. The van der Waals surface area contributed by atoms with E-state index in [1.54, 1.807) is 0 Å². The van der Waals surface area contributed by atoms with Gasteiger partial charge in [-0.2, -0.15) is 0 Å². The van der Waals surface area contributed by atoms with Gasteiger partial charge in [-0.1, -0.05) is 18.2 Å². The molecule has 3 nitrogen and oxygen atoms in total. The second kappa shape index (κ2) is 5.33. The molecule has 0 aromatic heterocycles. The van der Waals surface area contributed by atoms with Crippen molar-refractivity contribution in [3.8, 4) is 0 Å². The maximum absolute atomic E-state index is 12.3. The summed E-state index contributed by atoms with van der Waals surface area (Å²) in [4.78, 5) is 12.3. The molecular weight excluding hydrogens is 238 g/mol. The predicted octanol–water partition coefficient (Wildman–Crippen LogP) is 3.11. The summed E-state index contributed by atoms with van der Waals surface area (Å²) in [6, 6.07) is 8.31. The predicted molar refractivity (Wildman–Crippen MR) is 76.4 cm³/mol. The molecule has 2 rings (SSSR count). The Kier molecular flexibility index (Phi) is 3.95. The zero-order valence-electron chi connectivity index (χ0n) is 12.2. The van der Waals surface area contributed by atoms with E-state index in [1.165, 1.54) is 0 Å². The van der Waals surface area contributed by atoms with Crippen LogP contribution in [0.25, 0.3) is 0 Å². The van der Waals surface area contributed by atoms with E-state index in [0.29, 0.717) is 17.5 Å². The molecule has 1 heterocycles. The number of hydrogen-bond acceptors (Lipinski definition) is 3. The Balaban J connectivity index is 2.23. The Bertz CT molecular complexity index is 462. The van der Waals surface area contributed by atoms with E-state index in [9.17, 15) is 4.79 Å². The minimum absolute atomic E-state index is 0.220. The Morgan fingerprint density at radius 3 is 2.58 bits per heavy atom. The van der Waals surface area contributed by atoms with Gasteiger partial charge in [-0.3, -0.25) is 0 Å². The normalized spacial score (nSPS) is 23.4. The first-order valence-electron chi connectivity index (χ1n) is 6.92. The summed E-state index contributed by atoms with van der Waals surface area (Å²) in [5, 5.41) is 3.43. The molecule has 0 aliphatic carbocycles. The second-order valence-corrected chi connectivity index (χ2v) is 6.33. The minimum Gasteiger partial charge on any atom is -0.456 e. The van der Waals surface area contributed by atoms with E-state index < -0.39 is 5.60 Å². The van der Waals surface area contributed by atoms with Crippen LogP contribution in [0.5, 0.6) is 0 Å². The Morgan fingerprint density at radius 1 is 1.32 bits per heavy atom. The quantitative estimate of drug-likeness (QED) is 0.831. The molecule has 104 valence electrons. The molecule has 19 heavy (non-hydrogen) atoms. The fraction of sp³-hybridized carbons (Fsp3) is 0.562. The third kappa shape index (κ3) is 3.57. The van der Waals surface area contributed by atoms with E-state index in [2.05, 4.69) is 12.2 Å². The number of benzene rings is 1. The monoisotopic (exact) mass is 261 g/mol. The van der Waals surface area contributed by atoms with Crippen molar-refractivity contribution >= 4 is 5.97 Å². The molecule has 0 saturated carbocycles. The van der Waals surface area contributed by atoms with Crippen molar-refractivity contribution in [1.29, 1.82) is 0 Å². The number of esters is 1. The molecule has 1 aromatic rings. The van der Waals surface area contributed by atoms with Crippen LogP contribution in [0.3, 0.4) is 0 Å². The topological polar surface area (TPSA) is 38.3 Å². The highest BCUT2D eigenvalue weighted by Gasteiger charge is 2.27. The number of nitrogens with one attached hydrogen (secondary N) is 1. The maximum atomic E-state index is 12.3. The number of rotatable bonds is 2. The van der Waals surface area contributed by atoms with E-state index >= 15 is 0 Å². The van der Waals surface area contributed by atoms with E-state index in [4.69, 9.17) is 4.74 Å². The van der Waals surface area contributed by atoms with Gasteiger partial charge in [0, 0.05) is 12.6 Å². The molecule has 1 fully saturated rings. The summed E-state index contributed by atoms with van der Waals surface area (Å²) in [7, 11) is 0. The lowest BCUT2D eigenvalue weighted by atomic mass is 9.92. The number of carbonyl (C=O) groups excluding carboxylic acids is 1. The zero-order valence-corrected chi connectivity index (χ0v) is 12.2. The van der Waals surface area contributed by atoms with E-state index in [1.807, 2.05) is 45.0 Å². The van der Waals surface area contributed by atoms with Crippen LogP contribution in [0.1, 0.15) is 56.0 Å². The third-order valence-electron chi connectivity index (χ3n) is 3.37. The van der Waals surface area contributed by atoms with Crippen molar-refractivity contribution in [2.24, 2.45) is 0 Å². The van der Waals surface area contributed by atoms with Crippen molar-refractivity contribution in [3.05, 3.63) is 35.4 Å². The van der Waals surface area contributed by atoms with Gasteiger partial charge in [-0.05, 0) is 51.7 Å². The van der Waals surface area contributed by atoms with Crippen molar-refractivity contribution < 1.29 is 9.53 Å². The van der Waals surface area contributed by atoms with Crippen molar-refractivity contribution in [2.75, 3.05) is 6.54 Å². The molecule has 1 aliphatic heterocycles. The largest absolute Gasteiger partial charge is 0.456 e. The van der Waals surface area contributed by atoms with Crippen LogP contribution >= 0.6 is 0 Å². The van der Waals surface area contributed by atoms with Gasteiger partial charge < -0.3 is 10.1 Å². The molecule has 1 aromatic carbocycles. The smallest absolute Gasteiger partial charge is 0.338 e. The number of carbonyl (C=O) groups is 1. The van der Waals surface area contributed by atoms with Crippen LogP contribution in [-0.4, -0.2) is 24.2 Å². The van der Waals surface area contributed by atoms with Gasteiger partial charge in [-0.25, -0.2) is 4.79 Å². The van der Waals surface area contributed by atoms with Gasteiger partial charge in [0.25, 0.3) is 0 Å². The molecule has 0 amide bonds. The maximum Gasteiger partial charge on any atom is 0.338 e. The van der Waals surface area contributed by atoms with Crippen LogP contribution in [0.15, 0.2) is 24.3 Å². The molecule has 1 N–H and O–H groups in total. The first-order chi connectivity index (χ1) is 8.87. The molecule has 0 bridgehead atoms. The highest BCUT2D eigenvalue weighted by atomic mass is 16.6. The summed E-state index contributed by atoms with van der Waals surface area (Å²) < 4.78 is 5.49. The van der Waals surface area contributed by atoms with Gasteiger partial charge in [0.15, 0.2) is 0 Å². The van der Waals surface area contributed by atoms with Gasteiger partial charge >= 0.3 is 5.97 Å². The van der Waals surface area contributed by atoms with Gasteiger partial charge in [0.05, 0.1) is 5.56 Å². The second-order valence-electron chi connectivity index (χ2n) is 6.33. The molecule has 0 spiro atoms. The fourth-order valence-corrected chi connectivity index (χ4v) is 2.55. The summed E-state index contributed by atoms with van der Waals surface area (Å²) in [6.07, 6.45) is 1.07. The third-order valence-corrected chi connectivity index (χ3v) is 3.37. The Hall–Kier alpha value is -1.35. The SMILES string of the molecule is C[C@@H]1C[C@H](c2ccccc2C(=O)OC(C)(C)C)CN1.